The van der Waals surface area contributed by atoms with E-state index in [9.17, 15) is 4.79 Å². The van der Waals surface area contributed by atoms with Crippen LogP contribution >= 0.6 is 11.6 Å². The Morgan fingerprint density at radius 2 is 2.07 bits per heavy atom. The first kappa shape index (κ1) is 10.2. The maximum absolute atomic E-state index is 10.6. The van der Waals surface area contributed by atoms with Crippen LogP contribution in [-0.2, 0) is 0 Å². The van der Waals surface area contributed by atoms with Crippen LogP contribution in [0, 0.1) is 0 Å². The van der Waals surface area contributed by atoms with Gasteiger partial charge < -0.3 is 4.42 Å². The summed E-state index contributed by atoms with van der Waals surface area (Å²) in [5, 5.41) is 1.55. The highest BCUT2D eigenvalue weighted by atomic mass is 35.5. The zero-order valence-corrected chi connectivity index (χ0v) is 9.34. The molecular weight excluding hydrogens is 212 g/mol. The molecule has 0 spiro atoms. The summed E-state index contributed by atoms with van der Waals surface area (Å²) in [7, 11) is 0. The summed E-state index contributed by atoms with van der Waals surface area (Å²) in [6, 6.07) is 5.39. The summed E-state index contributed by atoms with van der Waals surface area (Å²) >= 11 is 5.99. The Kier molecular flexibility index (Phi) is 2.53. The van der Waals surface area contributed by atoms with Crippen molar-refractivity contribution in [1.82, 2.24) is 0 Å². The summed E-state index contributed by atoms with van der Waals surface area (Å²) in [6.45, 7) is 4.13. The average Bonchev–Trinajstić information content (AvgIpc) is 2.58. The zero-order valence-electron chi connectivity index (χ0n) is 8.58. The lowest BCUT2D eigenvalue weighted by atomic mass is 10.0. The van der Waals surface area contributed by atoms with Crippen molar-refractivity contribution in [1.29, 1.82) is 0 Å². The zero-order chi connectivity index (χ0) is 11.0. The molecule has 0 bridgehead atoms. The van der Waals surface area contributed by atoms with Gasteiger partial charge in [-0.05, 0) is 29.7 Å². The first-order valence-corrected chi connectivity index (χ1v) is 5.17. The van der Waals surface area contributed by atoms with Crippen molar-refractivity contribution in [2.75, 3.05) is 0 Å². The van der Waals surface area contributed by atoms with E-state index >= 15 is 0 Å². The molecule has 1 heterocycles. The fraction of sp³-hybridized carbons (Fsp3) is 0.250. The van der Waals surface area contributed by atoms with Crippen LogP contribution in [0.4, 0.5) is 0 Å². The number of carbonyl (C=O) groups excluding carboxylic acids is 1. The van der Waals surface area contributed by atoms with E-state index in [0.717, 1.165) is 16.5 Å². The summed E-state index contributed by atoms with van der Waals surface area (Å²) in [4.78, 5) is 10.6. The molecule has 15 heavy (non-hydrogen) atoms. The Balaban J connectivity index is 2.77. The molecule has 3 heteroatoms. The second kappa shape index (κ2) is 3.70. The number of benzene rings is 1. The van der Waals surface area contributed by atoms with E-state index in [2.05, 4.69) is 13.8 Å². The minimum Gasteiger partial charge on any atom is -0.453 e. The molecule has 0 saturated carbocycles. The second-order valence-corrected chi connectivity index (χ2v) is 4.27. The number of aldehydes is 1. The van der Waals surface area contributed by atoms with E-state index in [1.807, 2.05) is 6.07 Å². The molecule has 0 aliphatic carbocycles. The standard InChI is InChI=1S/C12H11ClO2/c1-7(2)11-5-9(13)3-8-4-10(6-14)15-12(8)11/h3-7H,1-2H3. The van der Waals surface area contributed by atoms with Crippen LogP contribution in [0.3, 0.4) is 0 Å². The van der Waals surface area contributed by atoms with Gasteiger partial charge in [-0.3, -0.25) is 4.79 Å². The molecule has 2 nitrogen and oxygen atoms in total. The van der Waals surface area contributed by atoms with Crippen LogP contribution in [0.25, 0.3) is 11.0 Å². The fourth-order valence-electron chi connectivity index (χ4n) is 1.65. The van der Waals surface area contributed by atoms with E-state index in [1.54, 1.807) is 12.1 Å². The number of fused-ring (bicyclic) bond motifs is 1. The Bertz CT molecular complexity index is 512. The maximum atomic E-state index is 10.6. The van der Waals surface area contributed by atoms with E-state index in [-0.39, 0.29) is 0 Å². The van der Waals surface area contributed by atoms with Gasteiger partial charge in [-0.1, -0.05) is 25.4 Å². The Labute approximate surface area is 92.8 Å². The molecule has 1 aromatic carbocycles. The largest absolute Gasteiger partial charge is 0.453 e. The molecule has 0 aliphatic heterocycles. The normalized spacial score (nSPS) is 11.2. The molecular formula is C12H11ClO2. The highest BCUT2D eigenvalue weighted by molar-refractivity contribution is 6.31. The quantitative estimate of drug-likeness (QED) is 0.719. The Morgan fingerprint density at radius 1 is 1.33 bits per heavy atom. The lowest BCUT2D eigenvalue weighted by Crippen LogP contribution is -1.87. The van der Waals surface area contributed by atoms with Gasteiger partial charge in [0.15, 0.2) is 12.0 Å². The molecule has 0 saturated heterocycles. The molecule has 2 aromatic rings. The summed E-state index contributed by atoms with van der Waals surface area (Å²) in [5.74, 6) is 0.658. The number of hydrogen-bond acceptors (Lipinski definition) is 2. The maximum Gasteiger partial charge on any atom is 0.185 e. The third-order valence-electron chi connectivity index (χ3n) is 2.37. The molecule has 2 rings (SSSR count). The minimum absolute atomic E-state index is 0.317. The van der Waals surface area contributed by atoms with Crippen molar-refractivity contribution in [2.24, 2.45) is 0 Å². The second-order valence-electron chi connectivity index (χ2n) is 3.83. The lowest BCUT2D eigenvalue weighted by Gasteiger charge is -2.06. The first-order chi connectivity index (χ1) is 7.11. The summed E-state index contributed by atoms with van der Waals surface area (Å²) in [6.07, 6.45) is 0.706. The number of hydrogen-bond donors (Lipinski definition) is 0. The number of carbonyl (C=O) groups is 1. The smallest absolute Gasteiger partial charge is 0.185 e. The summed E-state index contributed by atoms with van der Waals surface area (Å²) in [5.41, 5.74) is 1.79. The molecule has 1 aromatic heterocycles. The fourth-order valence-corrected chi connectivity index (χ4v) is 1.88. The van der Waals surface area contributed by atoms with Gasteiger partial charge in [0, 0.05) is 10.4 Å². The Morgan fingerprint density at radius 3 is 2.67 bits per heavy atom. The molecule has 78 valence electrons. The predicted octanol–water partition coefficient (Wildman–Crippen LogP) is 4.02. The van der Waals surface area contributed by atoms with Crippen LogP contribution in [0.2, 0.25) is 5.02 Å². The Hall–Kier alpha value is -1.28. The molecule has 0 fully saturated rings. The van der Waals surface area contributed by atoms with Gasteiger partial charge in [0.1, 0.15) is 5.58 Å². The highest BCUT2D eigenvalue weighted by Crippen LogP contribution is 2.31. The van der Waals surface area contributed by atoms with Crippen molar-refractivity contribution < 1.29 is 9.21 Å². The molecule has 0 aliphatic rings. The van der Waals surface area contributed by atoms with Crippen molar-refractivity contribution >= 4 is 28.9 Å². The predicted molar refractivity (Wildman–Crippen MR) is 60.7 cm³/mol. The van der Waals surface area contributed by atoms with Crippen LogP contribution in [0.5, 0.6) is 0 Å². The van der Waals surface area contributed by atoms with Gasteiger partial charge in [0.25, 0.3) is 0 Å². The van der Waals surface area contributed by atoms with E-state index in [0.29, 0.717) is 23.0 Å². The van der Waals surface area contributed by atoms with E-state index < -0.39 is 0 Å². The molecule has 0 unspecified atom stereocenters. The summed E-state index contributed by atoms with van der Waals surface area (Å²) < 4.78 is 5.44. The number of halogens is 1. The van der Waals surface area contributed by atoms with Crippen LogP contribution < -0.4 is 0 Å². The average molecular weight is 223 g/mol. The van der Waals surface area contributed by atoms with Gasteiger partial charge in [0.05, 0.1) is 0 Å². The van der Waals surface area contributed by atoms with Gasteiger partial charge in [-0.15, -0.1) is 0 Å². The van der Waals surface area contributed by atoms with Crippen molar-refractivity contribution in [3.05, 3.63) is 34.5 Å². The van der Waals surface area contributed by atoms with Crippen molar-refractivity contribution in [2.45, 2.75) is 19.8 Å². The number of rotatable bonds is 2. The molecule has 0 atom stereocenters. The number of furan rings is 1. The van der Waals surface area contributed by atoms with Crippen molar-refractivity contribution in [3.63, 3.8) is 0 Å². The van der Waals surface area contributed by atoms with Gasteiger partial charge >= 0.3 is 0 Å². The van der Waals surface area contributed by atoms with Crippen LogP contribution in [0.15, 0.2) is 22.6 Å². The van der Waals surface area contributed by atoms with Gasteiger partial charge in [-0.2, -0.15) is 0 Å². The van der Waals surface area contributed by atoms with E-state index in [1.165, 1.54) is 0 Å². The topological polar surface area (TPSA) is 30.2 Å². The third kappa shape index (κ3) is 1.77. The first-order valence-electron chi connectivity index (χ1n) is 4.80. The molecule has 0 radical (unpaired) electrons. The van der Waals surface area contributed by atoms with Crippen molar-refractivity contribution in [3.8, 4) is 0 Å². The van der Waals surface area contributed by atoms with Gasteiger partial charge in [0.2, 0.25) is 0 Å². The van der Waals surface area contributed by atoms with Crippen LogP contribution in [-0.4, -0.2) is 6.29 Å². The highest BCUT2D eigenvalue weighted by Gasteiger charge is 2.11. The third-order valence-corrected chi connectivity index (χ3v) is 2.59. The van der Waals surface area contributed by atoms with Gasteiger partial charge in [-0.25, -0.2) is 0 Å². The minimum atomic E-state index is 0.317. The van der Waals surface area contributed by atoms with E-state index in [4.69, 9.17) is 16.0 Å². The molecule has 0 N–H and O–H groups in total. The van der Waals surface area contributed by atoms with Crippen LogP contribution in [0.1, 0.15) is 35.9 Å². The lowest BCUT2D eigenvalue weighted by molar-refractivity contribution is 0.110. The monoisotopic (exact) mass is 222 g/mol. The SMILES string of the molecule is CC(C)c1cc(Cl)cc2cc(C=O)oc12. The molecule has 0 amide bonds.